The third-order valence-corrected chi connectivity index (χ3v) is 7.49. The standard InChI is InChI=1S/C31H38F3N3O8/c1-18(2)27-29(40)36(16-23(38)21(30(35,41)31(32,33)34)12-19-10-8-7-9-11-19)22(15-37(27)26(39)17-42-3)20-13-24(43-4)28(45-6)25(14-20)44-5/h7-11,13-15,18,21,27,41H,12,16-17,35H2,1-6H3. The van der Waals surface area contributed by atoms with Crippen molar-refractivity contribution >= 4 is 23.3 Å². The maximum Gasteiger partial charge on any atom is 0.431 e. The van der Waals surface area contributed by atoms with E-state index in [1.807, 2.05) is 0 Å². The van der Waals surface area contributed by atoms with E-state index in [-0.39, 0.29) is 35.1 Å². The van der Waals surface area contributed by atoms with Crippen molar-refractivity contribution in [2.45, 2.75) is 38.2 Å². The first kappa shape index (κ1) is 35.3. The number of methoxy groups -OCH3 is 4. The highest BCUT2D eigenvalue weighted by atomic mass is 19.4. The first-order chi connectivity index (χ1) is 21.1. The normalized spacial score (nSPS) is 17.5. The van der Waals surface area contributed by atoms with Gasteiger partial charge in [-0.05, 0) is 30.0 Å². The molecule has 246 valence electrons. The molecule has 0 saturated heterocycles. The molecule has 0 aliphatic carbocycles. The molecule has 45 heavy (non-hydrogen) atoms. The average Bonchev–Trinajstić information content (AvgIpc) is 2.99. The van der Waals surface area contributed by atoms with Crippen LogP contribution in [-0.4, -0.2) is 92.0 Å². The molecule has 0 bridgehead atoms. The summed E-state index contributed by atoms with van der Waals surface area (Å²) in [5, 5.41) is 10.5. The Morgan fingerprint density at radius 3 is 2.04 bits per heavy atom. The highest BCUT2D eigenvalue weighted by molar-refractivity contribution is 6.01. The van der Waals surface area contributed by atoms with Crippen LogP contribution in [0.15, 0.2) is 48.7 Å². The summed E-state index contributed by atoms with van der Waals surface area (Å²) >= 11 is 0. The Labute approximate surface area is 259 Å². The van der Waals surface area contributed by atoms with Crippen LogP contribution in [0, 0.1) is 11.8 Å². The van der Waals surface area contributed by atoms with E-state index in [4.69, 9.17) is 24.7 Å². The van der Waals surface area contributed by atoms with E-state index in [2.05, 4.69) is 0 Å². The Morgan fingerprint density at radius 2 is 1.58 bits per heavy atom. The van der Waals surface area contributed by atoms with Gasteiger partial charge in [0.15, 0.2) is 17.3 Å². The molecule has 2 aromatic rings. The number of benzene rings is 2. The number of Topliss-reactive ketones (excluding diaryl/α,β-unsaturated/α-hetero) is 1. The van der Waals surface area contributed by atoms with Crippen molar-refractivity contribution in [3.8, 4) is 17.2 Å². The minimum atomic E-state index is -5.38. The van der Waals surface area contributed by atoms with Crippen LogP contribution in [0.1, 0.15) is 25.0 Å². The molecule has 0 saturated carbocycles. The minimum absolute atomic E-state index is 0.0278. The van der Waals surface area contributed by atoms with Crippen molar-refractivity contribution in [3.63, 3.8) is 0 Å². The van der Waals surface area contributed by atoms with E-state index < -0.39 is 60.3 Å². The topological polar surface area (TPSA) is 141 Å². The molecule has 14 heteroatoms. The SMILES string of the molecule is COCC(=O)N1C=C(c2cc(OC)c(OC)c(OC)c2)N(CC(=O)C(Cc2ccccc2)C(N)(O)C(F)(F)F)C(=O)C1C(C)C. The monoisotopic (exact) mass is 637 g/mol. The Kier molecular flexibility index (Phi) is 11.2. The molecular formula is C31H38F3N3O8. The van der Waals surface area contributed by atoms with Crippen molar-refractivity contribution in [2.75, 3.05) is 41.6 Å². The van der Waals surface area contributed by atoms with Gasteiger partial charge in [-0.2, -0.15) is 13.2 Å². The summed E-state index contributed by atoms with van der Waals surface area (Å²) in [5.74, 6) is -4.62. The van der Waals surface area contributed by atoms with E-state index in [0.29, 0.717) is 5.56 Å². The lowest BCUT2D eigenvalue weighted by molar-refractivity contribution is -0.274. The van der Waals surface area contributed by atoms with Crippen LogP contribution in [0.4, 0.5) is 13.2 Å². The van der Waals surface area contributed by atoms with E-state index >= 15 is 0 Å². The zero-order chi connectivity index (χ0) is 33.7. The number of aliphatic hydroxyl groups is 1. The van der Waals surface area contributed by atoms with Gasteiger partial charge in [-0.25, -0.2) is 0 Å². The van der Waals surface area contributed by atoms with E-state index in [1.54, 1.807) is 32.0 Å². The summed E-state index contributed by atoms with van der Waals surface area (Å²) in [7, 11) is 5.41. The van der Waals surface area contributed by atoms with Gasteiger partial charge in [-0.3, -0.25) is 20.1 Å². The number of hydrogen-bond acceptors (Lipinski definition) is 9. The molecule has 3 N–H and O–H groups in total. The first-order valence-electron chi connectivity index (χ1n) is 13.9. The number of halogens is 3. The lowest BCUT2D eigenvalue weighted by atomic mass is 9.84. The zero-order valence-corrected chi connectivity index (χ0v) is 25.9. The Balaban J connectivity index is 2.23. The third kappa shape index (κ3) is 7.40. The van der Waals surface area contributed by atoms with Gasteiger partial charge in [0.05, 0.1) is 39.5 Å². The summed E-state index contributed by atoms with van der Waals surface area (Å²) in [6.07, 6.45) is -4.62. The highest BCUT2D eigenvalue weighted by Crippen LogP contribution is 2.42. The Bertz CT molecular complexity index is 1390. The van der Waals surface area contributed by atoms with Crippen molar-refractivity contribution in [2.24, 2.45) is 17.6 Å². The van der Waals surface area contributed by atoms with Gasteiger partial charge in [-0.1, -0.05) is 44.2 Å². The van der Waals surface area contributed by atoms with Crippen LogP contribution in [0.2, 0.25) is 0 Å². The predicted molar refractivity (Wildman–Crippen MR) is 157 cm³/mol. The lowest BCUT2D eigenvalue weighted by Crippen LogP contribution is -2.63. The van der Waals surface area contributed by atoms with Crippen molar-refractivity contribution in [1.29, 1.82) is 0 Å². The molecule has 0 radical (unpaired) electrons. The van der Waals surface area contributed by atoms with Gasteiger partial charge in [0, 0.05) is 18.9 Å². The number of alkyl halides is 3. The van der Waals surface area contributed by atoms with Crippen LogP contribution in [-0.2, 0) is 25.5 Å². The zero-order valence-electron chi connectivity index (χ0n) is 25.9. The molecule has 0 spiro atoms. The molecule has 3 rings (SSSR count). The van der Waals surface area contributed by atoms with Crippen LogP contribution >= 0.6 is 0 Å². The molecule has 0 fully saturated rings. The van der Waals surface area contributed by atoms with Gasteiger partial charge in [-0.15, -0.1) is 0 Å². The molecular weight excluding hydrogens is 599 g/mol. The lowest BCUT2D eigenvalue weighted by Gasteiger charge is -2.42. The number of carbonyl (C=O) groups is 3. The predicted octanol–water partition coefficient (Wildman–Crippen LogP) is 2.99. The number of nitrogens with zero attached hydrogens (tertiary/aromatic N) is 2. The van der Waals surface area contributed by atoms with Crippen molar-refractivity contribution in [1.82, 2.24) is 9.80 Å². The fourth-order valence-electron chi connectivity index (χ4n) is 5.16. The number of hydrogen-bond donors (Lipinski definition) is 2. The van der Waals surface area contributed by atoms with Crippen molar-refractivity contribution < 1.29 is 51.6 Å². The fourth-order valence-corrected chi connectivity index (χ4v) is 5.16. The van der Waals surface area contributed by atoms with Crippen LogP contribution in [0.5, 0.6) is 17.2 Å². The average molecular weight is 638 g/mol. The number of amides is 2. The second-order valence-corrected chi connectivity index (χ2v) is 10.8. The largest absolute Gasteiger partial charge is 0.493 e. The summed E-state index contributed by atoms with van der Waals surface area (Å²) < 4.78 is 63.4. The highest BCUT2D eigenvalue weighted by Gasteiger charge is 2.58. The minimum Gasteiger partial charge on any atom is -0.493 e. The summed E-state index contributed by atoms with van der Waals surface area (Å²) in [4.78, 5) is 43.3. The number of ether oxygens (including phenoxy) is 4. The summed E-state index contributed by atoms with van der Waals surface area (Å²) in [6, 6.07) is 9.55. The van der Waals surface area contributed by atoms with Gasteiger partial charge >= 0.3 is 6.18 Å². The summed E-state index contributed by atoms with van der Waals surface area (Å²) in [6.45, 7) is 2.06. The second kappa shape index (κ2) is 14.3. The number of ketones is 1. The maximum atomic E-state index is 14.2. The van der Waals surface area contributed by atoms with Gasteiger partial charge in [0.1, 0.15) is 12.6 Å². The molecule has 1 heterocycles. The number of rotatable bonds is 13. The molecule has 0 aromatic heterocycles. The molecule has 1 aliphatic heterocycles. The van der Waals surface area contributed by atoms with Gasteiger partial charge in [0.25, 0.3) is 11.8 Å². The van der Waals surface area contributed by atoms with E-state index in [1.165, 1.54) is 63.8 Å². The maximum absolute atomic E-state index is 14.2. The number of nitrogens with two attached hydrogens (primary N) is 1. The quantitative estimate of drug-likeness (QED) is 0.317. The molecule has 3 unspecified atom stereocenters. The van der Waals surface area contributed by atoms with Crippen LogP contribution < -0.4 is 19.9 Å². The molecule has 2 amide bonds. The third-order valence-electron chi connectivity index (χ3n) is 7.49. The Morgan fingerprint density at radius 1 is 1.00 bits per heavy atom. The van der Waals surface area contributed by atoms with Crippen molar-refractivity contribution in [3.05, 3.63) is 59.8 Å². The van der Waals surface area contributed by atoms with Gasteiger partial charge < -0.3 is 33.9 Å². The van der Waals surface area contributed by atoms with E-state index in [9.17, 15) is 32.7 Å². The summed E-state index contributed by atoms with van der Waals surface area (Å²) in [5.41, 5.74) is 2.00. The van der Waals surface area contributed by atoms with E-state index in [0.717, 1.165) is 4.90 Å². The molecule has 1 aliphatic rings. The van der Waals surface area contributed by atoms with Crippen LogP contribution in [0.3, 0.4) is 0 Å². The first-order valence-corrected chi connectivity index (χ1v) is 13.9. The molecule has 2 aromatic carbocycles. The molecule has 3 atom stereocenters. The van der Waals surface area contributed by atoms with Gasteiger partial charge in [0.2, 0.25) is 11.5 Å². The smallest absolute Gasteiger partial charge is 0.431 e. The van der Waals surface area contributed by atoms with Crippen LogP contribution in [0.25, 0.3) is 5.70 Å². The second-order valence-electron chi connectivity index (χ2n) is 10.8. The number of carbonyl (C=O) groups excluding carboxylic acids is 3. The Hall–Kier alpha value is -4.14. The molecule has 11 nitrogen and oxygen atoms in total. The fraction of sp³-hybridized carbons (Fsp3) is 0.452.